The molecule has 120 valence electrons. The average Bonchev–Trinajstić information content (AvgIpc) is 3.15. The van der Waals surface area contributed by atoms with Gasteiger partial charge in [0.05, 0.1) is 23.5 Å². The summed E-state index contributed by atoms with van der Waals surface area (Å²) in [6, 6.07) is 8.64. The van der Waals surface area contributed by atoms with Crippen LogP contribution >= 0.6 is 0 Å². The van der Waals surface area contributed by atoms with E-state index < -0.39 is 21.0 Å². The van der Waals surface area contributed by atoms with E-state index in [0.29, 0.717) is 17.0 Å². The Kier molecular flexibility index (Phi) is 3.64. The highest BCUT2D eigenvalue weighted by Gasteiger charge is 2.35. The van der Waals surface area contributed by atoms with Crippen molar-refractivity contribution in [2.75, 3.05) is 6.26 Å². The zero-order chi connectivity index (χ0) is 16.6. The van der Waals surface area contributed by atoms with Crippen LogP contribution in [-0.4, -0.2) is 29.7 Å². The molecule has 0 spiro atoms. The van der Waals surface area contributed by atoms with Gasteiger partial charge >= 0.3 is 0 Å². The topological polar surface area (TPSA) is 106 Å². The van der Waals surface area contributed by atoms with Gasteiger partial charge in [-0.15, -0.1) is 0 Å². The SMILES string of the molecule is CS(=O)(=O)N1N=C(c2ccco2)CC1c1cccc([N+](=O)[O-])c1. The summed E-state index contributed by atoms with van der Waals surface area (Å²) in [6.45, 7) is 0. The Morgan fingerprint density at radius 2 is 2.13 bits per heavy atom. The maximum absolute atomic E-state index is 12.0. The maximum atomic E-state index is 12.0. The number of sulfonamides is 1. The lowest BCUT2D eigenvalue weighted by Crippen LogP contribution is -2.25. The minimum atomic E-state index is -3.62. The second kappa shape index (κ2) is 5.51. The second-order valence-electron chi connectivity index (χ2n) is 5.13. The summed E-state index contributed by atoms with van der Waals surface area (Å²) in [4.78, 5) is 10.4. The second-order valence-corrected chi connectivity index (χ2v) is 6.97. The molecular weight excluding hydrogens is 322 g/mol. The van der Waals surface area contributed by atoms with Crippen molar-refractivity contribution < 1.29 is 17.8 Å². The van der Waals surface area contributed by atoms with Crippen LogP contribution < -0.4 is 0 Å². The van der Waals surface area contributed by atoms with Crippen LogP contribution in [0.15, 0.2) is 52.2 Å². The molecule has 23 heavy (non-hydrogen) atoms. The Morgan fingerprint density at radius 3 is 2.74 bits per heavy atom. The van der Waals surface area contributed by atoms with E-state index in [1.807, 2.05) is 0 Å². The molecule has 0 N–H and O–H groups in total. The highest BCUT2D eigenvalue weighted by atomic mass is 32.2. The van der Waals surface area contributed by atoms with E-state index in [2.05, 4.69) is 5.10 Å². The van der Waals surface area contributed by atoms with Gasteiger partial charge in [0, 0.05) is 18.6 Å². The number of non-ortho nitro benzene ring substituents is 1. The number of hydrogen-bond donors (Lipinski definition) is 0. The van der Waals surface area contributed by atoms with Gasteiger partial charge < -0.3 is 4.42 Å². The van der Waals surface area contributed by atoms with Crippen LogP contribution in [0.1, 0.15) is 23.8 Å². The average molecular weight is 335 g/mol. The number of nitrogens with zero attached hydrogens (tertiary/aromatic N) is 3. The number of nitro groups is 1. The van der Waals surface area contributed by atoms with E-state index in [9.17, 15) is 18.5 Å². The van der Waals surface area contributed by atoms with E-state index in [0.717, 1.165) is 10.7 Å². The van der Waals surface area contributed by atoms with Crippen molar-refractivity contribution >= 4 is 21.4 Å². The van der Waals surface area contributed by atoms with E-state index in [1.165, 1.54) is 24.5 Å². The molecule has 1 aliphatic heterocycles. The molecule has 0 fully saturated rings. The van der Waals surface area contributed by atoms with Crippen LogP contribution in [-0.2, 0) is 10.0 Å². The molecule has 2 aromatic rings. The van der Waals surface area contributed by atoms with Gasteiger partial charge in [0.25, 0.3) is 5.69 Å². The summed E-state index contributed by atoms with van der Waals surface area (Å²) in [5, 5.41) is 15.1. The fourth-order valence-corrected chi connectivity index (χ4v) is 3.39. The molecule has 1 aromatic carbocycles. The van der Waals surface area contributed by atoms with Crippen molar-refractivity contribution in [3.05, 3.63) is 64.1 Å². The summed E-state index contributed by atoms with van der Waals surface area (Å²) < 4.78 is 30.3. The molecular formula is C14H13N3O5S. The lowest BCUT2D eigenvalue weighted by Gasteiger charge is -2.21. The highest BCUT2D eigenvalue weighted by Crippen LogP contribution is 2.35. The zero-order valence-electron chi connectivity index (χ0n) is 12.1. The maximum Gasteiger partial charge on any atom is 0.269 e. The predicted octanol–water partition coefficient (Wildman–Crippen LogP) is 2.30. The molecule has 1 atom stereocenters. The van der Waals surface area contributed by atoms with Crippen LogP contribution in [0.5, 0.6) is 0 Å². The van der Waals surface area contributed by atoms with Crippen LogP contribution in [0, 0.1) is 10.1 Å². The van der Waals surface area contributed by atoms with Gasteiger partial charge in [-0.1, -0.05) is 12.1 Å². The fraction of sp³-hybridized carbons (Fsp3) is 0.214. The molecule has 8 nitrogen and oxygen atoms in total. The summed E-state index contributed by atoms with van der Waals surface area (Å²) in [5.74, 6) is 0.478. The molecule has 1 aliphatic rings. The summed E-state index contributed by atoms with van der Waals surface area (Å²) in [6.07, 6.45) is 2.80. The lowest BCUT2D eigenvalue weighted by molar-refractivity contribution is -0.384. The normalized spacial score (nSPS) is 18.0. The Hall–Kier alpha value is -2.68. The number of hydrazone groups is 1. The van der Waals surface area contributed by atoms with Crippen molar-refractivity contribution in [2.24, 2.45) is 5.10 Å². The van der Waals surface area contributed by atoms with Gasteiger partial charge in [-0.3, -0.25) is 10.1 Å². The lowest BCUT2D eigenvalue weighted by atomic mass is 10.0. The number of nitro benzene ring substituents is 1. The zero-order valence-corrected chi connectivity index (χ0v) is 12.9. The minimum Gasteiger partial charge on any atom is -0.463 e. The number of rotatable bonds is 4. The number of furan rings is 1. The van der Waals surface area contributed by atoms with Crippen molar-refractivity contribution in [2.45, 2.75) is 12.5 Å². The third-order valence-electron chi connectivity index (χ3n) is 3.48. The highest BCUT2D eigenvalue weighted by molar-refractivity contribution is 7.88. The third-order valence-corrected chi connectivity index (χ3v) is 4.50. The Morgan fingerprint density at radius 1 is 1.35 bits per heavy atom. The predicted molar refractivity (Wildman–Crippen MR) is 82.4 cm³/mol. The van der Waals surface area contributed by atoms with E-state index in [-0.39, 0.29) is 12.1 Å². The summed E-state index contributed by atoms with van der Waals surface area (Å²) >= 11 is 0. The van der Waals surface area contributed by atoms with Crippen LogP contribution in [0.25, 0.3) is 0 Å². The quantitative estimate of drug-likeness (QED) is 0.629. The standard InChI is InChI=1S/C14H13N3O5S/c1-23(20,21)16-13(9-12(15-16)14-6-3-7-22-14)10-4-2-5-11(8-10)17(18)19/h2-8,13H,9H2,1H3. The first-order valence-electron chi connectivity index (χ1n) is 6.71. The van der Waals surface area contributed by atoms with E-state index in [4.69, 9.17) is 4.42 Å². The monoisotopic (exact) mass is 335 g/mol. The molecule has 0 bridgehead atoms. The summed E-state index contributed by atoms with van der Waals surface area (Å²) in [7, 11) is -3.62. The molecule has 0 amide bonds. The summed E-state index contributed by atoms with van der Waals surface area (Å²) in [5.41, 5.74) is 0.897. The molecule has 0 saturated heterocycles. The first-order valence-corrected chi connectivity index (χ1v) is 8.56. The number of benzene rings is 1. The Labute approximate surface area is 132 Å². The van der Waals surface area contributed by atoms with E-state index >= 15 is 0 Å². The molecule has 0 aliphatic carbocycles. The first kappa shape index (κ1) is 15.2. The molecule has 1 aromatic heterocycles. The van der Waals surface area contributed by atoms with Crippen molar-refractivity contribution in [3.8, 4) is 0 Å². The van der Waals surface area contributed by atoms with Gasteiger partial charge in [-0.25, -0.2) is 8.42 Å². The van der Waals surface area contributed by atoms with Crippen LogP contribution in [0.2, 0.25) is 0 Å². The molecule has 9 heteroatoms. The largest absolute Gasteiger partial charge is 0.463 e. The molecule has 1 unspecified atom stereocenters. The molecule has 0 saturated carbocycles. The Balaban J connectivity index is 2.02. The third kappa shape index (κ3) is 2.95. The van der Waals surface area contributed by atoms with Crippen molar-refractivity contribution in [3.63, 3.8) is 0 Å². The van der Waals surface area contributed by atoms with Crippen molar-refractivity contribution in [1.82, 2.24) is 4.41 Å². The van der Waals surface area contributed by atoms with Gasteiger partial charge in [0.2, 0.25) is 10.0 Å². The van der Waals surface area contributed by atoms with Gasteiger partial charge in [0.1, 0.15) is 11.5 Å². The van der Waals surface area contributed by atoms with Crippen LogP contribution in [0.3, 0.4) is 0 Å². The van der Waals surface area contributed by atoms with E-state index in [1.54, 1.807) is 18.2 Å². The fourth-order valence-electron chi connectivity index (χ4n) is 2.48. The molecule has 3 rings (SSSR count). The van der Waals surface area contributed by atoms with Gasteiger partial charge in [-0.2, -0.15) is 9.52 Å². The number of hydrogen-bond acceptors (Lipinski definition) is 6. The van der Waals surface area contributed by atoms with Crippen molar-refractivity contribution in [1.29, 1.82) is 0 Å². The smallest absolute Gasteiger partial charge is 0.269 e. The van der Waals surface area contributed by atoms with Crippen LogP contribution in [0.4, 0.5) is 5.69 Å². The molecule has 2 heterocycles. The Bertz CT molecular complexity index is 874. The minimum absolute atomic E-state index is 0.0950. The first-order chi connectivity index (χ1) is 10.9. The molecule has 0 radical (unpaired) electrons. The van der Waals surface area contributed by atoms with Gasteiger partial charge in [-0.05, 0) is 17.7 Å². The van der Waals surface area contributed by atoms with Gasteiger partial charge in [0.15, 0.2) is 0 Å².